The number of nitrogens with one attached hydrogen (secondary N) is 2. The molecule has 0 heterocycles. The molecule has 0 unspecified atom stereocenters. The highest BCUT2D eigenvalue weighted by Gasteiger charge is 2.13. The van der Waals surface area contributed by atoms with Crippen molar-refractivity contribution in [3.05, 3.63) is 53.6 Å². The molecule has 0 aromatic heterocycles. The Labute approximate surface area is 171 Å². The van der Waals surface area contributed by atoms with E-state index in [1.807, 2.05) is 0 Å². The van der Waals surface area contributed by atoms with Crippen molar-refractivity contribution in [3.63, 3.8) is 0 Å². The Bertz CT molecular complexity index is 836. The summed E-state index contributed by atoms with van der Waals surface area (Å²) in [5.41, 5.74) is 5.76. The Kier molecular flexibility index (Phi) is 8.33. The minimum atomic E-state index is -0.465. The average Bonchev–Trinajstić information content (AvgIpc) is 2.71. The first-order valence-electron chi connectivity index (χ1n) is 9.57. The van der Waals surface area contributed by atoms with Crippen LogP contribution in [0.15, 0.2) is 42.5 Å². The first-order chi connectivity index (χ1) is 13.9. The van der Waals surface area contributed by atoms with Gasteiger partial charge in [0.15, 0.2) is 11.5 Å². The fourth-order valence-corrected chi connectivity index (χ4v) is 2.56. The van der Waals surface area contributed by atoms with Crippen LogP contribution in [0.25, 0.3) is 0 Å². The van der Waals surface area contributed by atoms with Crippen LogP contribution in [-0.2, 0) is 11.2 Å². The molecule has 0 saturated heterocycles. The highest BCUT2D eigenvalue weighted by molar-refractivity contribution is 5.96. The minimum Gasteiger partial charge on any atom is -0.508 e. The van der Waals surface area contributed by atoms with Crippen LogP contribution in [0.1, 0.15) is 42.6 Å². The maximum atomic E-state index is 12.3. The van der Waals surface area contributed by atoms with Gasteiger partial charge in [0, 0.05) is 12.0 Å². The van der Waals surface area contributed by atoms with Crippen molar-refractivity contribution in [2.45, 2.75) is 33.1 Å². The van der Waals surface area contributed by atoms with Crippen LogP contribution in [0.3, 0.4) is 0 Å². The summed E-state index contributed by atoms with van der Waals surface area (Å²) < 4.78 is 11.0. The Morgan fingerprint density at radius 1 is 1.07 bits per heavy atom. The molecule has 0 aliphatic heterocycles. The second kappa shape index (κ2) is 10.9. The zero-order valence-corrected chi connectivity index (χ0v) is 17.0. The number of hydrogen-bond donors (Lipinski definition) is 3. The van der Waals surface area contributed by atoms with E-state index in [0.29, 0.717) is 41.6 Å². The summed E-state index contributed by atoms with van der Waals surface area (Å²) in [5, 5.41) is 9.72. The Morgan fingerprint density at radius 2 is 1.83 bits per heavy atom. The molecule has 0 aliphatic carbocycles. The van der Waals surface area contributed by atoms with Crippen molar-refractivity contribution in [1.29, 1.82) is 0 Å². The molecule has 2 amide bonds. The number of phenols is 1. The van der Waals surface area contributed by atoms with Crippen molar-refractivity contribution in [1.82, 2.24) is 10.9 Å². The van der Waals surface area contributed by atoms with Crippen LogP contribution in [-0.4, -0.2) is 30.6 Å². The highest BCUT2D eigenvalue weighted by atomic mass is 16.5. The average molecular weight is 400 g/mol. The van der Waals surface area contributed by atoms with Gasteiger partial charge in [-0.1, -0.05) is 32.0 Å². The number of ether oxygens (including phenoxy) is 2. The van der Waals surface area contributed by atoms with E-state index in [4.69, 9.17) is 9.47 Å². The second-order valence-corrected chi connectivity index (χ2v) is 7.03. The Morgan fingerprint density at radius 3 is 2.52 bits per heavy atom. The molecule has 7 heteroatoms. The summed E-state index contributed by atoms with van der Waals surface area (Å²) in [6, 6.07) is 11.7. The summed E-state index contributed by atoms with van der Waals surface area (Å²) in [5.74, 6) is 0.867. The van der Waals surface area contributed by atoms with E-state index in [2.05, 4.69) is 24.7 Å². The summed E-state index contributed by atoms with van der Waals surface area (Å²) in [4.78, 5) is 24.3. The van der Waals surface area contributed by atoms with Crippen LogP contribution >= 0.6 is 0 Å². The van der Waals surface area contributed by atoms with Gasteiger partial charge in [0.2, 0.25) is 5.91 Å². The van der Waals surface area contributed by atoms with Crippen LogP contribution in [0.2, 0.25) is 0 Å². The molecule has 29 heavy (non-hydrogen) atoms. The molecule has 0 bridgehead atoms. The standard InChI is InChI=1S/C22H28N2O5/c1-15(2)12-13-29-19-10-8-17(14-20(19)28-3)22(27)24-23-21(26)11-9-16-6-4-5-7-18(16)25/h4-8,10,14-15,25H,9,11-13H2,1-3H3,(H,23,26)(H,24,27). The molecule has 156 valence electrons. The van der Waals surface area contributed by atoms with E-state index in [9.17, 15) is 14.7 Å². The van der Waals surface area contributed by atoms with Crippen molar-refractivity contribution in [2.75, 3.05) is 13.7 Å². The number of para-hydroxylation sites is 1. The molecule has 7 nitrogen and oxygen atoms in total. The van der Waals surface area contributed by atoms with Gasteiger partial charge in [-0.15, -0.1) is 0 Å². The number of hydrogen-bond acceptors (Lipinski definition) is 5. The normalized spacial score (nSPS) is 10.5. The van der Waals surface area contributed by atoms with E-state index >= 15 is 0 Å². The smallest absolute Gasteiger partial charge is 0.269 e. The van der Waals surface area contributed by atoms with E-state index in [0.717, 1.165) is 6.42 Å². The second-order valence-electron chi connectivity index (χ2n) is 7.03. The van der Waals surface area contributed by atoms with Crippen molar-refractivity contribution in [2.24, 2.45) is 5.92 Å². The maximum Gasteiger partial charge on any atom is 0.269 e. The van der Waals surface area contributed by atoms with Gasteiger partial charge in [-0.25, -0.2) is 0 Å². The number of hydrazine groups is 1. The molecule has 0 atom stereocenters. The van der Waals surface area contributed by atoms with E-state index in [-0.39, 0.29) is 18.1 Å². The van der Waals surface area contributed by atoms with Gasteiger partial charge < -0.3 is 14.6 Å². The number of aryl methyl sites for hydroxylation is 1. The van der Waals surface area contributed by atoms with Gasteiger partial charge in [-0.05, 0) is 48.6 Å². The van der Waals surface area contributed by atoms with E-state index < -0.39 is 5.91 Å². The SMILES string of the molecule is COc1cc(C(=O)NNC(=O)CCc2ccccc2O)ccc1OCCC(C)C. The lowest BCUT2D eigenvalue weighted by Gasteiger charge is -2.13. The van der Waals surface area contributed by atoms with E-state index in [1.165, 1.54) is 7.11 Å². The van der Waals surface area contributed by atoms with Gasteiger partial charge in [-0.2, -0.15) is 0 Å². The third kappa shape index (κ3) is 7.03. The molecule has 2 rings (SSSR count). The number of methoxy groups -OCH3 is 1. The third-order valence-electron chi connectivity index (χ3n) is 4.31. The largest absolute Gasteiger partial charge is 0.508 e. The molecule has 0 spiro atoms. The molecular weight excluding hydrogens is 372 g/mol. The number of carbonyl (C=O) groups is 2. The molecule has 0 aliphatic rings. The molecule has 0 saturated carbocycles. The lowest BCUT2D eigenvalue weighted by Crippen LogP contribution is -2.41. The summed E-state index contributed by atoms with van der Waals surface area (Å²) in [6.07, 6.45) is 1.41. The fraction of sp³-hybridized carbons (Fsp3) is 0.364. The topological polar surface area (TPSA) is 96.9 Å². The number of carbonyl (C=O) groups excluding carboxylic acids is 2. The number of rotatable bonds is 9. The van der Waals surface area contributed by atoms with Gasteiger partial charge in [0.05, 0.1) is 13.7 Å². The maximum absolute atomic E-state index is 12.3. The predicted molar refractivity (Wildman–Crippen MR) is 110 cm³/mol. The Balaban J connectivity index is 1.86. The van der Waals surface area contributed by atoms with Crippen LogP contribution in [0, 0.1) is 5.92 Å². The quantitative estimate of drug-likeness (QED) is 0.562. The zero-order chi connectivity index (χ0) is 21.2. The zero-order valence-electron chi connectivity index (χ0n) is 17.0. The minimum absolute atomic E-state index is 0.129. The first kappa shape index (κ1) is 22.1. The lowest BCUT2D eigenvalue weighted by molar-refractivity contribution is -0.121. The summed E-state index contributed by atoms with van der Waals surface area (Å²) in [6.45, 7) is 4.79. The van der Waals surface area contributed by atoms with Gasteiger partial charge in [0.1, 0.15) is 5.75 Å². The van der Waals surface area contributed by atoms with Crippen LogP contribution in [0.4, 0.5) is 0 Å². The van der Waals surface area contributed by atoms with E-state index in [1.54, 1.807) is 42.5 Å². The molecule has 2 aromatic rings. The fourth-order valence-electron chi connectivity index (χ4n) is 2.56. The summed E-state index contributed by atoms with van der Waals surface area (Å²) in [7, 11) is 1.51. The van der Waals surface area contributed by atoms with Gasteiger partial charge in [0.25, 0.3) is 5.91 Å². The van der Waals surface area contributed by atoms with Gasteiger partial charge >= 0.3 is 0 Å². The number of phenolic OH excluding ortho intramolecular Hbond substituents is 1. The predicted octanol–water partition coefficient (Wildman–Crippen LogP) is 3.22. The number of aromatic hydroxyl groups is 1. The highest BCUT2D eigenvalue weighted by Crippen LogP contribution is 2.28. The first-order valence-corrected chi connectivity index (χ1v) is 9.57. The Hall–Kier alpha value is -3.22. The molecule has 0 fully saturated rings. The third-order valence-corrected chi connectivity index (χ3v) is 4.31. The van der Waals surface area contributed by atoms with Crippen molar-refractivity contribution < 1.29 is 24.2 Å². The number of amides is 2. The van der Waals surface area contributed by atoms with Crippen molar-refractivity contribution >= 4 is 11.8 Å². The van der Waals surface area contributed by atoms with Crippen LogP contribution < -0.4 is 20.3 Å². The summed E-state index contributed by atoms with van der Waals surface area (Å²) >= 11 is 0. The molecule has 0 radical (unpaired) electrons. The van der Waals surface area contributed by atoms with Crippen LogP contribution in [0.5, 0.6) is 17.2 Å². The number of benzene rings is 2. The molecule has 2 aromatic carbocycles. The molecule has 3 N–H and O–H groups in total. The van der Waals surface area contributed by atoms with Crippen molar-refractivity contribution in [3.8, 4) is 17.2 Å². The monoisotopic (exact) mass is 400 g/mol. The molecular formula is C22H28N2O5. The lowest BCUT2D eigenvalue weighted by atomic mass is 10.1. The van der Waals surface area contributed by atoms with Gasteiger partial charge in [-0.3, -0.25) is 20.4 Å².